The highest BCUT2D eigenvalue weighted by Gasteiger charge is 2.27. The minimum absolute atomic E-state index is 0.0554. The van der Waals surface area contributed by atoms with Crippen LogP contribution in [0.1, 0.15) is 51.0 Å². The molecule has 1 atom stereocenters. The minimum atomic E-state index is -0.0554. The van der Waals surface area contributed by atoms with Crippen LogP contribution >= 0.6 is 23.2 Å². The number of hydrogen-bond donors (Lipinski definition) is 0. The van der Waals surface area contributed by atoms with Crippen molar-refractivity contribution in [3.8, 4) is 11.1 Å². The first-order chi connectivity index (χ1) is 15.4. The number of Topliss-reactive ketones (excluding diaryl/α,β-unsaturated/α-hetero) is 1. The van der Waals surface area contributed by atoms with Crippen LogP contribution in [0.3, 0.4) is 0 Å². The summed E-state index contributed by atoms with van der Waals surface area (Å²) < 4.78 is 5.28. The zero-order chi connectivity index (χ0) is 23.1. The summed E-state index contributed by atoms with van der Waals surface area (Å²) in [5, 5.41) is 1.11. The summed E-state index contributed by atoms with van der Waals surface area (Å²) in [7, 11) is 1.71. The topological polar surface area (TPSA) is 59.5 Å². The van der Waals surface area contributed by atoms with Gasteiger partial charge < -0.3 is 4.74 Å². The first-order valence-corrected chi connectivity index (χ1v) is 11.9. The molecule has 0 fully saturated rings. The first-order valence-electron chi connectivity index (χ1n) is 11.2. The molecule has 1 aromatic heterocycles. The van der Waals surface area contributed by atoms with Gasteiger partial charge in [0.15, 0.2) is 5.78 Å². The normalized spacial score (nSPS) is 14.4. The van der Waals surface area contributed by atoms with E-state index in [2.05, 4.69) is 11.9 Å². The smallest absolute Gasteiger partial charge is 0.228 e. The van der Waals surface area contributed by atoms with Crippen molar-refractivity contribution in [1.29, 1.82) is 0 Å². The van der Waals surface area contributed by atoms with Crippen molar-refractivity contribution in [2.75, 3.05) is 25.2 Å². The van der Waals surface area contributed by atoms with E-state index in [4.69, 9.17) is 27.9 Å². The maximum atomic E-state index is 12.6. The average molecular weight is 477 g/mol. The Labute approximate surface area is 200 Å². The third kappa shape index (κ3) is 6.53. The Kier molecular flexibility index (Phi) is 9.09. The van der Waals surface area contributed by atoms with Gasteiger partial charge in [-0.25, -0.2) is 4.98 Å². The maximum Gasteiger partial charge on any atom is 0.228 e. The molecule has 1 unspecified atom stereocenters. The molecule has 1 amide bonds. The number of anilines is 1. The molecule has 0 aliphatic carbocycles. The zero-order valence-electron chi connectivity index (χ0n) is 18.7. The molecule has 0 spiro atoms. The summed E-state index contributed by atoms with van der Waals surface area (Å²) in [6.45, 7) is 2.96. The molecule has 2 heterocycles. The molecule has 0 saturated carbocycles. The molecule has 172 valence electrons. The van der Waals surface area contributed by atoms with E-state index >= 15 is 0 Å². The van der Waals surface area contributed by atoms with Gasteiger partial charge in [-0.05, 0) is 67.0 Å². The number of carbonyl (C=O) groups is 2. The second kappa shape index (κ2) is 11.8. The summed E-state index contributed by atoms with van der Waals surface area (Å²) in [4.78, 5) is 31.3. The number of ketones is 1. The lowest BCUT2D eigenvalue weighted by Gasteiger charge is -2.28. The van der Waals surface area contributed by atoms with Crippen molar-refractivity contribution in [2.45, 2.75) is 51.9 Å². The van der Waals surface area contributed by atoms with Crippen molar-refractivity contribution in [3.05, 3.63) is 46.1 Å². The van der Waals surface area contributed by atoms with E-state index in [1.807, 2.05) is 18.2 Å². The number of methoxy groups -OCH3 is 1. The molecular formula is C25H30Cl2N2O3. The van der Waals surface area contributed by atoms with Gasteiger partial charge in [0.1, 0.15) is 5.82 Å². The van der Waals surface area contributed by atoms with Crippen LogP contribution in [0.25, 0.3) is 11.1 Å². The van der Waals surface area contributed by atoms with Gasteiger partial charge in [-0.3, -0.25) is 14.5 Å². The van der Waals surface area contributed by atoms with Crippen LogP contribution in [0.4, 0.5) is 5.82 Å². The molecule has 0 N–H and O–H groups in total. The van der Waals surface area contributed by atoms with E-state index in [9.17, 15) is 9.59 Å². The highest BCUT2D eigenvalue weighted by atomic mass is 35.5. The summed E-state index contributed by atoms with van der Waals surface area (Å²) >= 11 is 12.3. The van der Waals surface area contributed by atoms with E-state index in [1.165, 1.54) is 4.90 Å². The Morgan fingerprint density at radius 1 is 1.12 bits per heavy atom. The van der Waals surface area contributed by atoms with E-state index in [0.29, 0.717) is 41.0 Å². The van der Waals surface area contributed by atoms with Crippen molar-refractivity contribution in [1.82, 2.24) is 4.98 Å². The van der Waals surface area contributed by atoms with Crippen LogP contribution in [-0.2, 0) is 20.7 Å². The van der Waals surface area contributed by atoms with E-state index in [1.54, 1.807) is 19.4 Å². The minimum Gasteiger partial charge on any atom is -0.384 e. The first kappa shape index (κ1) is 24.7. The predicted octanol–water partition coefficient (Wildman–Crippen LogP) is 6.14. The van der Waals surface area contributed by atoms with E-state index in [-0.39, 0.29) is 18.2 Å². The van der Waals surface area contributed by atoms with Gasteiger partial charge >= 0.3 is 0 Å². The number of amides is 1. The number of halogens is 2. The number of benzene rings is 1. The Bertz CT molecular complexity index is 938. The second-order valence-electron chi connectivity index (χ2n) is 8.39. The fraction of sp³-hybridized carbons (Fsp3) is 0.480. The summed E-state index contributed by atoms with van der Waals surface area (Å²) in [6.07, 6.45) is 7.11. The predicted molar refractivity (Wildman–Crippen MR) is 129 cm³/mol. The van der Waals surface area contributed by atoms with Crippen molar-refractivity contribution in [2.24, 2.45) is 5.92 Å². The highest BCUT2D eigenvalue weighted by Crippen LogP contribution is 2.32. The van der Waals surface area contributed by atoms with Crippen LogP contribution in [0.2, 0.25) is 10.0 Å². The number of fused-ring (bicyclic) bond motifs is 1. The lowest BCUT2D eigenvalue weighted by molar-refractivity contribution is -0.123. The Morgan fingerprint density at radius 3 is 2.56 bits per heavy atom. The third-order valence-corrected chi connectivity index (χ3v) is 6.24. The van der Waals surface area contributed by atoms with Crippen LogP contribution < -0.4 is 4.90 Å². The van der Waals surface area contributed by atoms with Gasteiger partial charge in [0.05, 0.1) is 6.54 Å². The Hall–Kier alpha value is -1.95. The molecule has 3 rings (SSSR count). The second-order valence-corrected chi connectivity index (χ2v) is 9.26. The Balaban J connectivity index is 1.67. The third-order valence-electron chi connectivity index (χ3n) is 5.81. The van der Waals surface area contributed by atoms with Gasteiger partial charge in [-0.15, -0.1) is 0 Å². The van der Waals surface area contributed by atoms with Gasteiger partial charge in [-0.2, -0.15) is 0 Å². The standard InChI is InChI=1S/C25H30Cl2N2O3/c1-3-5-17(16-32-2)6-4-7-23(30)15-29-24(31)9-8-18-10-20(14-28-25(18)29)19-11-21(26)13-22(27)12-19/h10-14,17H,3-9,15-16H2,1-2H3. The van der Waals surface area contributed by atoms with Crippen molar-refractivity contribution < 1.29 is 14.3 Å². The molecule has 1 aliphatic rings. The van der Waals surface area contributed by atoms with Gasteiger partial charge in [0, 0.05) is 48.4 Å². The van der Waals surface area contributed by atoms with Crippen molar-refractivity contribution in [3.63, 3.8) is 0 Å². The number of hydrogen-bond acceptors (Lipinski definition) is 4. The molecule has 0 bridgehead atoms. The molecule has 5 nitrogen and oxygen atoms in total. The van der Waals surface area contributed by atoms with E-state index < -0.39 is 0 Å². The number of rotatable bonds is 11. The monoisotopic (exact) mass is 476 g/mol. The number of aryl methyl sites for hydroxylation is 1. The zero-order valence-corrected chi connectivity index (χ0v) is 20.2. The molecule has 32 heavy (non-hydrogen) atoms. The van der Waals surface area contributed by atoms with Crippen LogP contribution in [0.15, 0.2) is 30.5 Å². The lowest BCUT2D eigenvalue weighted by atomic mass is 9.96. The fourth-order valence-corrected chi connectivity index (χ4v) is 4.79. The molecular weight excluding hydrogens is 447 g/mol. The van der Waals surface area contributed by atoms with E-state index in [0.717, 1.165) is 49.0 Å². The maximum absolute atomic E-state index is 12.6. The summed E-state index contributed by atoms with van der Waals surface area (Å²) in [5.41, 5.74) is 2.71. The average Bonchev–Trinajstić information content (AvgIpc) is 2.75. The molecule has 0 radical (unpaired) electrons. The molecule has 1 aromatic carbocycles. The SMILES string of the molecule is CCCC(CCCC(=O)CN1C(=O)CCc2cc(-c3cc(Cl)cc(Cl)c3)cnc21)COC. The number of aromatic nitrogens is 1. The fourth-order valence-electron chi connectivity index (χ4n) is 4.26. The number of carbonyl (C=O) groups excluding carboxylic acids is 2. The molecule has 0 saturated heterocycles. The molecule has 1 aliphatic heterocycles. The van der Waals surface area contributed by atoms with Crippen LogP contribution in [0.5, 0.6) is 0 Å². The number of pyridine rings is 1. The summed E-state index contributed by atoms with van der Waals surface area (Å²) in [6, 6.07) is 7.36. The molecule has 7 heteroatoms. The van der Waals surface area contributed by atoms with Gasteiger partial charge in [0.2, 0.25) is 5.91 Å². The van der Waals surface area contributed by atoms with Crippen LogP contribution in [-0.4, -0.2) is 36.9 Å². The quantitative estimate of drug-likeness (QED) is 0.390. The number of ether oxygens (including phenoxy) is 1. The lowest BCUT2D eigenvalue weighted by Crippen LogP contribution is -2.39. The van der Waals surface area contributed by atoms with Crippen molar-refractivity contribution >= 4 is 40.7 Å². The summed E-state index contributed by atoms with van der Waals surface area (Å²) in [5.74, 6) is 1.07. The van der Waals surface area contributed by atoms with Crippen LogP contribution in [0, 0.1) is 5.92 Å². The number of nitrogens with zero attached hydrogens (tertiary/aromatic N) is 2. The highest BCUT2D eigenvalue weighted by molar-refractivity contribution is 6.35. The van der Waals surface area contributed by atoms with Gasteiger partial charge in [-0.1, -0.05) is 36.5 Å². The molecule has 2 aromatic rings. The Morgan fingerprint density at radius 2 is 1.88 bits per heavy atom. The largest absolute Gasteiger partial charge is 0.384 e. The van der Waals surface area contributed by atoms with Gasteiger partial charge in [0.25, 0.3) is 0 Å².